The molecule has 0 saturated carbocycles. The van der Waals surface area contributed by atoms with Gasteiger partial charge in [0.1, 0.15) is 0 Å². The van der Waals surface area contributed by atoms with Crippen LogP contribution in [0, 0.1) is 0 Å². The van der Waals surface area contributed by atoms with Crippen LogP contribution in [0.2, 0.25) is 0 Å². The summed E-state index contributed by atoms with van der Waals surface area (Å²) >= 11 is 1.65. The molecule has 2 aromatic carbocycles. The molecule has 7 heteroatoms. The Kier molecular flexibility index (Phi) is 6.22. The van der Waals surface area contributed by atoms with Crippen LogP contribution in [-0.2, 0) is 21.5 Å². The minimum Gasteiger partial charge on any atom is -0.394 e. The Balaban J connectivity index is 1.54. The summed E-state index contributed by atoms with van der Waals surface area (Å²) in [6.45, 7) is 1.62. The van der Waals surface area contributed by atoms with Gasteiger partial charge in [-0.15, -0.1) is 0 Å². The van der Waals surface area contributed by atoms with Crippen LogP contribution < -0.4 is 5.73 Å². The molecule has 30 heavy (non-hydrogen) atoms. The average Bonchev–Trinajstić information content (AvgIpc) is 3.23. The van der Waals surface area contributed by atoms with E-state index in [9.17, 15) is 9.90 Å². The van der Waals surface area contributed by atoms with Gasteiger partial charge in [0.05, 0.1) is 24.3 Å². The molecular weight excluding hydrogens is 398 g/mol. The maximum Gasteiger partial charge on any atom is 0.228 e. The summed E-state index contributed by atoms with van der Waals surface area (Å²) in [5.74, 6) is -0.281. The van der Waals surface area contributed by atoms with Gasteiger partial charge in [-0.2, -0.15) is 5.10 Å². The van der Waals surface area contributed by atoms with Gasteiger partial charge in [-0.3, -0.25) is 9.48 Å². The van der Waals surface area contributed by atoms with Crippen LogP contribution in [0.1, 0.15) is 18.4 Å². The zero-order chi connectivity index (χ0) is 21.0. The summed E-state index contributed by atoms with van der Waals surface area (Å²) in [5, 5.41) is 13.4. The van der Waals surface area contributed by atoms with E-state index in [4.69, 9.17) is 10.5 Å². The molecule has 3 N–H and O–H groups in total. The number of aliphatic hydroxyl groups is 1. The molecule has 1 fully saturated rings. The molecule has 1 aliphatic rings. The fraction of sp³-hybridized carbons (Fsp3) is 0.304. The minimum absolute atomic E-state index is 0.0534. The van der Waals surface area contributed by atoms with Gasteiger partial charge >= 0.3 is 0 Å². The zero-order valence-electron chi connectivity index (χ0n) is 16.7. The maximum absolute atomic E-state index is 12.3. The number of hydrogen-bond donors (Lipinski definition) is 2. The first-order chi connectivity index (χ1) is 14.6. The third-order valence-electron chi connectivity index (χ3n) is 5.62. The average molecular weight is 424 g/mol. The monoisotopic (exact) mass is 423 g/mol. The van der Waals surface area contributed by atoms with Crippen LogP contribution in [0.4, 0.5) is 0 Å². The van der Waals surface area contributed by atoms with Crippen LogP contribution in [0.15, 0.2) is 70.6 Å². The lowest BCUT2D eigenvalue weighted by Crippen LogP contribution is -2.45. The standard InChI is InChI=1S/C23H25N3O3S/c24-22(28)23(9-14-29-15-10-23)18-2-1-3-20(16-18)30-19-6-4-17(5-7-19)21-8-11-25-26(21)12-13-27/h1-8,11,16,27H,9-10,12-15H2,(H2,24,28). The third kappa shape index (κ3) is 4.14. The van der Waals surface area contributed by atoms with Crippen molar-refractivity contribution in [1.29, 1.82) is 0 Å². The fourth-order valence-corrected chi connectivity index (χ4v) is 4.81. The molecular formula is C23H25N3O3S. The van der Waals surface area contributed by atoms with E-state index in [1.165, 1.54) is 0 Å². The van der Waals surface area contributed by atoms with Gasteiger partial charge in [-0.05, 0) is 54.3 Å². The van der Waals surface area contributed by atoms with Crippen molar-refractivity contribution in [1.82, 2.24) is 9.78 Å². The number of nitrogens with two attached hydrogens (primary N) is 1. The molecule has 0 atom stereocenters. The third-order valence-corrected chi connectivity index (χ3v) is 6.62. The van der Waals surface area contributed by atoms with E-state index in [0.717, 1.165) is 26.6 Å². The molecule has 0 radical (unpaired) electrons. The van der Waals surface area contributed by atoms with Gasteiger partial charge in [0.15, 0.2) is 0 Å². The van der Waals surface area contributed by atoms with Crippen molar-refractivity contribution in [3.8, 4) is 11.3 Å². The van der Waals surface area contributed by atoms with Crippen molar-refractivity contribution in [3.63, 3.8) is 0 Å². The van der Waals surface area contributed by atoms with E-state index in [-0.39, 0.29) is 12.5 Å². The van der Waals surface area contributed by atoms with E-state index in [0.29, 0.717) is 32.6 Å². The first kappa shape index (κ1) is 20.7. The highest BCUT2D eigenvalue weighted by Crippen LogP contribution is 2.38. The van der Waals surface area contributed by atoms with Crippen molar-refractivity contribution in [3.05, 3.63) is 66.4 Å². The second-order valence-corrected chi connectivity index (χ2v) is 8.52. The summed E-state index contributed by atoms with van der Waals surface area (Å²) in [7, 11) is 0. The second-order valence-electron chi connectivity index (χ2n) is 7.38. The van der Waals surface area contributed by atoms with Gasteiger partial charge in [-0.1, -0.05) is 36.0 Å². The van der Waals surface area contributed by atoms with Gasteiger partial charge in [0, 0.05) is 29.2 Å². The lowest BCUT2D eigenvalue weighted by molar-refractivity contribution is -0.127. The first-order valence-corrected chi connectivity index (χ1v) is 10.8. The highest BCUT2D eigenvalue weighted by atomic mass is 32.2. The highest BCUT2D eigenvalue weighted by Gasteiger charge is 2.40. The van der Waals surface area contributed by atoms with Crippen LogP contribution in [0.3, 0.4) is 0 Å². The quantitative estimate of drug-likeness (QED) is 0.609. The molecule has 1 amide bonds. The molecule has 156 valence electrons. The van der Waals surface area contributed by atoms with Crippen LogP contribution in [0.25, 0.3) is 11.3 Å². The SMILES string of the molecule is NC(=O)C1(c2cccc(Sc3ccc(-c4ccnn4CCO)cc3)c2)CCOCC1. The molecule has 1 aliphatic heterocycles. The number of ether oxygens (including phenoxy) is 1. The number of nitrogens with zero attached hydrogens (tertiary/aromatic N) is 2. The molecule has 0 aliphatic carbocycles. The topological polar surface area (TPSA) is 90.4 Å². The number of hydrogen-bond acceptors (Lipinski definition) is 5. The number of rotatable bonds is 7. The van der Waals surface area contributed by atoms with E-state index < -0.39 is 5.41 Å². The Bertz CT molecular complexity index is 1010. The molecule has 0 spiro atoms. The van der Waals surface area contributed by atoms with Crippen molar-refractivity contribution < 1.29 is 14.6 Å². The lowest BCUT2D eigenvalue weighted by Gasteiger charge is -2.34. The predicted octanol–water partition coefficient (Wildman–Crippen LogP) is 3.23. The summed E-state index contributed by atoms with van der Waals surface area (Å²) in [6.07, 6.45) is 2.98. The predicted molar refractivity (Wildman–Crippen MR) is 116 cm³/mol. The number of carbonyl (C=O) groups is 1. The van der Waals surface area contributed by atoms with Gasteiger partial charge in [-0.25, -0.2) is 0 Å². The summed E-state index contributed by atoms with van der Waals surface area (Å²) in [5.41, 5.74) is 8.15. The van der Waals surface area contributed by atoms with Crippen molar-refractivity contribution >= 4 is 17.7 Å². The van der Waals surface area contributed by atoms with E-state index in [2.05, 4.69) is 35.4 Å². The van der Waals surface area contributed by atoms with E-state index in [1.807, 2.05) is 24.3 Å². The number of amides is 1. The number of benzene rings is 2. The van der Waals surface area contributed by atoms with Crippen LogP contribution in [-0.4, -0.2) is 40.6 Å². The second kappa shape index (κ2) is 9.04. The normalized spacial score (nSPS) is 15.8. The van der Waals surface area contributed by atoms with Crippen molar-refractivity contribution in [2.75, 3.05) is 19.8 Å². The maximum atomic E-state index is 12.3. The Hall–Kier alpha value is -2.61. The van der Waals surface area contributed by atoms with Crippen molar-refractivity contribution in [2.24, 2.45) is 5.73 Å². The number of carbonyl (C=O) groups excluding carboxylic acids is 1. The summed E-state index contributed by atoms with van der Waals surface area (Å²) in [4.78, 5) is 14.5. The first-order valence-electron chi connectivity index (χ1n) is 10.0. The zero-order valence-corrected chi connectivity index (χ0v) is 17.5. The molecule has 1 saturated heterocycles. The molecule has 0 bridgehead atoms. The Labute approximate surface area is 180 Å². The Morgan fingerprint density at radius 2 is 1.90 bits per heavy atom. The smallest absolute Gasteiger partial charge is 0.228 e. The Morgan fingerprint density at radius 1 is 1.13 bits per heavy atom. The van der Waals surface area contributed by atoms with E-state index in [1.54, 1.807) is 22.6 Å². The van der Waals surface area contributed by atoms with Crippen molar-refractivity contribution in [2.45, 2.75) is 34.6 Å². The van der Waals surface area contributed by atoms with Gasteiger partial charge in [0.25, 0.3) is 0 Å². The van der Waals surface area contributed by atoms with Gasteiger partial charge in [0.2, 0.25) is 5.91 Å². The fourth-order valence-electron chi connectivity index (χ4n) is 3.94. The molecule has 6 nitrogen and oxygen atoms in total. The molecule has 0 unspecified atom stereocenters. The molecule has 4 rings (SSSR count). The minimum atomic E-state index is -0.649. The highest BCUT2D eigenvalue weighted by molar-refractivity contribution is 7.99. The van der Waals surface area contributed by atoms with E-state index >= 15 is 0 Å². The molecule has 1 aromatic heterocycles. The van der Waals surface area contributed by atoms with Gasteiger partial charge < -0.3 is 15.6 Å². The number of aliphatic hydroxyl groups excluding tert-OH is 1. The lowest BCUT2D eigenvalue weighted by atomic mass is 9.73. The summed E-state index contributed by atoms with van der Waals surface area (Å²) < 4.78 is 7.25. The van der Waals surface area contributed by atoms with Crippen LogP contribution >= 0.6 is 11.8 Å². The molecule has 2 heterocycles. The largest absolute Gasteiger partial charge is 0.394 e. The molecule has 3 aromatic rings. The number of primary amides is 1. The van der Waals surface area contributed by atoms with Crippen LogP contribution in [0.5, 0.6) is 0 Å². The summed E-state index contributed by atoms with van der Waals surface area (Å²) in [6, 6.07) is 18.3. The number of aromatic nitrogens is 2. The Morgan fingerprint density at radius 3 is 2.60 bits per heavy atom.